The van der Waals surface area contributed by atoms with Crippen molar-refractivity contribution in [1.82, 2.24) is 9.55 Å². The van der Waals surface area contributed by atoms with Gasteiger partial charge in [0.25, 0.3) is 0 Å². The highest BCUT2D eigenvalue weighted by Gasteiger charge is 2.21. The van der Waals surface area contributed by atoms with Gasteiger partial charge in [-0.2, -0.15) is 0 Å². The van der Waals surface area contributed by atoms with E-state index in [1.807, 2.05) is 4.98 Å². The smallest absolute Gasteiger partial charge is 0.337 e. The van der Waals surface area contributed by atoms with Crippen molar-refractivity contribution >= 4 is 11.4 Å². The summed E-state index contributed by atoms with van der Waals surface area (Å²) in [4.78, 5) is 42.5. The number of aliphatic hydroxyl groups is 1. The van der Waals surface area contributed by atoms with Crippen molar-refractivity contribution in [2.45, 2.75) is 26.0 Å². The van der Waals surface area contributed by atoms with Gasteiger partial charge in [0.2, 0.25) is 0 Å². The molecular formula is C14H14F2N4O7. The van der Waals surface area contributed by atoms with Crippen molar-refractivity contribution in [2.24, 2.45) is 0 Å². The van der Waals surface area contributed by atoms with Gasteiger partial charge >= 0.3 is 22.5 Å². The molecule has 0 saturated heterocycles. The molecule has 0 aliphatic carbocycles. The second-order valence-corrected chi connectivity index (χ2v) is 5.84. The highest BCUT2D eigenvalue weighted by Crippen LogP contribution is 2.10. The maximum atomic E-state index is 13.0. The summed E-state index contributed by atoms with van der Waals surface area (Å²) in [6, 6.07) is 1.13. The summed E-state index contributed by atoms with van der Waals surface area (Å²) < 4.78 is 26.0. The highest BCUT2D eigenvalue weighted by atomic mass is 19.1. The van der Waals surface area contributed by atoms with Crippen LogP contribution >= 0.6 is 0 Å². The Kier molecular flexibility index (Phi) is 6.60. The zero-order valence-electron chi connectivity index (χ0n) is 14.0. The lowest BCUT2D eigenvalue weighted by atomic mass is 10.1. The Hall–Kier alpha value is -3.48. The van der Waals surface area contributed by atoms with Crippen LogP contribution in [0.4, 0.5) is 20.2 Å². The first-order chi connectivity index (χ1) is 12.3. The summed E-state index contributed by atoms with van der Waals surface area (Å²) in [5, 5.41) is 29.9. The van der Waals surface area contributed by atoms with Crippen LogP contribution in [-0.2, 0) is 6.54 Å². The number of hydrogen-bond donors (Lipinski definition) is 2. The molecule has 2 N–H and O–H groups in total. The summed E-state index contributed by atoms with van der Waals surface area (Å²) >= 11 is 0. The topological polar surface area (TPSA) is 161 Å². The van der Waals surface area contributed by atoms with Gasteiger partial charge in [0.05, 0.1) is 34.1 Å². The molecule has 0 amide bonds. The Morgan fingerprint density at radius 2 is 1.63 bits per heavy atom. The van der Waals surface area contributed by atoms with E-state index < -0.39 is 49.6 Å². The van der Waals surface area contributed by atoms with E-state index in [1.165, 1.54) is 13.8 Å². The van der Waals surface area contributed by atoms with Crippen molar-refractivity contribution in [3.63, 3.8) is 0 Å². The van der Waals surface area contributed by atoms with Crippen molar-refractivity contribution in [2.75, 3.05) is 0 Å². The van der Waals surface area contributed by atoms with E-state index in [1.54, 1.807) is 0 Å². The Bertz CT molecular complexity index is 979. The first-order valence-corrected chi connectivity index (χ1v) is 7.11. The van der Waals surface area contributed by atoms with Crippen LogP contribution < -0.4 is 11.1 Å². The molecule has 2 heterocycles. The zero-order valence-corrected chi connectivity index (χ0v) is 14.0. The third kappa shape index (κ3) is 6.39. The minimum Gasteiger partial charge on any atom is -0.389 e. The molecule has 0 unspecified atom stereocenters. The van der Waals surface area contributed by atoms with Gasteiger partial charge in [-0.05, 0) is 13.8 Å². The van der Waals surface area contributed by atoms with E-state index in [-0.39, 0.29) is 6.54 Å². The second kappa shape index (κ2) is 8.27. The maximum absolute atomic E-state index is 13.0. The van der Waals surface area contributed by atoms with Gasteiger partial charge in [-0.25, -0.2) is 8.78 Å². The molecule has 0 spiro atoms. The Balaban J connectivity index is 0.000000289. The molecule has 0 bridgehead atoms. The van der Waals surface area contributed by atoms with Crippen molar-refractivity contribution in [3.8, 4) is 0 Å². The summed E-state index contributed by atoms with van der Waals surface area (Å²) in [6.45, 7) is 2.61. The quantitative estimate of drug-likeness (QED) is 0.585. The molecule has 0 fully saturated rings. The average molecular weight is 388 g/mol. The molecule has 2 aromatic heterocycles. The highest BCUT2D eigenvalue weighted by molar-refractivity contribution is 5.26. The van der Waals surface area contributed by atoms with Crippen LogP contribution in [0, 0.1) is 31.9 Å². The molecule has 13 heteroatoms. The van der Waals surface area contributed by atoms with Crippen molar-refractivity contribution in [1.29, 1.82) is 0 Å². The number of hydrogen-bond acceptors (Lipinski definition) is 7. The first-order valence-electron chi connectivity index (χ1n) is 7.11. The number of rotatable bonds is 4. The van der Waals surface area contributed by atoms with Gasteiger partial charge in [0, 0.05) is 12.4 Å². The van der Waals surface area contributed by atoms with Crippen LogP contribution in [0.25, 0.3) is 0 Å². The van der Waals surface area contributed by atoms with Crippen LogP contribution in [0.15, 0.2) is 34.1 Å². The molecular weight excluding hydrogens is 374 g/mol. The fraction of sp³-hybridized carbons (Fsp3) is 0.286. The van der Waals surface area contributed by atoms with E-state index in [4.69, 9.17) is 0 Å². The Labute approximate surface area is 148 Å². The summed E-state index contributed by atoms with van der Waals surface area (Å²) in [5.41, 5.74) is -4.73. The van der Waals surface area contributed by atoms with Crippen LogP contribution in [0.5, 0.6) is 0 Å². The van der Waals surface area contributed by atoms with Gasteiger partial charge in [0.1, 0.15) is 11.6 Å². The van der Waals surface area contributed by atoms with Gasteiger partial charge in [0.15, 0.2) is 0 Å². The molecule has 0 aromatic carbocycles. The number of aromatic nitrogens is 2. The van der Waals surface area contributed by atoms with E-state index >= 15 is 0 Å². The number of aromatic amines is 1. The predicted octanol–water partition coefficient (Wildman–Crippen LogP) is 1.09. The standard InChI is InChI=1S/C9H11FN2O4.C5H3FN2O3/c1-9(2,14)5-11-4-6(10)3-7(8(11)13)12(15)16;6-3-1-4(8(10)11)5(9)7-2-3/h3-4,14H,5H2,1-2H3;1-2H,(H,7,9). The number of nitrogens with zero attached hydrogens (tertiary/aromatic N) is 3. The van der Waals surface area contributed by atoms with Crippen LogP contribution in [-0.4, -0.2) is 30.1 Å². The molecule has 27 heavy (non-hydrogen) atoms. The van der Waals surface area contributed by atoms with Crippen LogP contribution in [0.3, 0.4) is 0 Å². The van der Waals surface area contributed by atoms with Crippen molar-refractivity contribution < 1.29 is 23.7 Å². The van der Waals surface area contributed by atoms with Gasteiger partial charge in [-0.1, -0.05) is 0 Å². The second-order valence-electron chi connectivity index (χ2n) is 5.84. The summed E-state index contributed by atoms with van der Waals surface area (Å²) in [5.74, 6) is -1.73. The zero-order chi connectivity index (χ0) is 20.9. The Morgan fingerprint density at radius 3 is 2.07 bits per heavy atom. The number of pyridine rings is 2. The maximum Gasteiger partial charge on any atom is 0.337 e. The Morgan fingerprint density at radius 1 is 1.11 bits per heavy atom. The molecule has 2 rings (SSSR count). The van der Waals surface area contributed by atoms with Crippen LogP contribution in [0.1, 0.15) is 13.8 Å². The molecule has 0 aliphatic heterocycles. The van der Waals surface area contributed by atoms with E-state index in [9.17, 15) is 43.7 Å². The third-order valence-electron chi connectivity index (χ3n) is 2.83. The predicted molar refractivity (Wildman–Crippen MR) is 87.3 cm³/mol. The SMILES string of the molecule is CC(C)(O)Cn1cc(F)cc([N+](=O)[O-])c1=O.O=c1[nH]cc(F)cc1[N+](=O)[O-]. The van der Waals surface area contributed by atoms with Gasteiger partial charge in [-0.15, -0.1) is 0 Å². The fourth-order valence-corrected chi connectivity index (χ4v) is 1.83. The minimum absolute atomic E-state index is 0.218. The largest absolute Gasteiger partial charge is 0.389 e. The van der Waals surface area contributed by atoms with Crippen LogP contribution in [0.2, 0.25) is 0 Å². The third-order valence-corrected chi connectivity index (χ3v) is 2.83. The van der Waals surface area contributed by atoms with E-state index in [2.05, 4.69) is 0 Å². The number of nitrogens with one attached hydrogen (secondary N) is 1. The fourth-order valence-electron chi connectivity index (χ4n) is 1.83. The lowest BCUT2D eigenvalue weighted by molar-refractivity contribution is -0.386. The normalized spacial score (nSPS) is 10.7. The average Bonchev–Trinajstić information content (AvgIpc) is 2.51. The first kappa shape index (κ1) is 21.6. The molecule has 0 radical (unpaired) electrons. The summed E-state index contributed by atoms with van der Waals surface area (Å²) in [6.07, 6.45) is 1.59. The molecule has 146 valence electrons. The molecule has 11 nitrogen and oxygen atoms in total. The number of nitro groups is 2. The number of H-pyrrole nitrogens is 1. The number of halogens is 2. The molecule has 2 aromatic rings. The lowest BCUT2D eigenvalue weighted by Gasteiger charge is -2.18. The molecule has 0 aliphatic rings. The van der Waals surface area contributed by atoms with E-state index in [0.717, 1.165) is 17.0 Å². The van der Waals surface area contributed by atoms with E-state index in [0.29, 0.717) is 12.1 Å². The van der Waals surface area contributed by atoms with Crippen molar-refractivity contribution in [3.05, 3.63) is 77.1 Å². The molecule has 0 saturated carbocycles. The van der Waals surface area contributed by atoms with Gasteiger partial charge in [-0.3, -0.25) is 29.8 Å². The lowest BCUT2D eigenvalue weighted by Crippen LogP contribution is -2.33. The molecule has 0 atom stereocenters. The van der Waals surface area contributed by atoms with Gasteiger partial charge < -0.3 is 14.7 Å². The summed E-state index contributed by atoms with van der Waals surface area (Å²) in [7, 11) is 0. The monoisotopic (exact) mass is 388 g/mol. The minimum atomic E-state index is -1.26.